The van der Waals surface area contributed by atoms with Gasteiger partial charge in [0.2, 0.25) is 5.82 Å². The number of allylic oxidation sites excluding steroid dienone is 1. The van der Waals surface area contributed by atoms with E-state index < -0.39 is 10.5 Å². The Morgan fingerprint density at radius 1 is 1.21 bits per heavy atom. The Morgan fingerprint density at radius 2 is 2.04 bits per heavy atom. The number of nitrogens with zero attached hydrogens (tertiary/aromatic N) is 4. The summed E-state index contributed by atoms with van der Waals surface area (Å²) in [6.45, 7) is 4.81. The largest absolute Gasteiger partial charge is 0.347 e. The number of hydrogen-bond donors (Lipinski definition) is 1. The summed E-state index contributed by atoms with van der Waals surface area (Å²) in [6, 6.07) is 8.83. The number of nitro groups is 1. The summed E-state index contributed by atoms with van der Waals surface area (Å²) in [7, 11) is 0. The van der Waals surface area contributed by atoms with Crippen LogP contribution in [0, 0.1) is 35.8 Å². The lowest BCUT2D eigenvalue weighted by Crippen LogP contribution is -2.34. The number of anilines is 1. The predicted octanol–water partition coefficient (Wildman–Crippen LogP) is 2.42. The molecule has 8 nitrogen and oxygen atoms in total. The van der Waals surface area contributed by atoms with Crippen LogP contribution < -0.4 is 10.4 Å². The van der Waals surface area contributed by atoms with Crippen LogP contribution in [0.4, 0.5) is 11.5 Å². The van der Waals surface area contributed by atoms with Crippen LogP contribution in [0.5, 0.6) is 0 Å². The highest BCUT2D eigenvalue weighted by Gasteiger charge is 2.43. The van der Waals surface area contributed by atoms with Gasteiger partial charge >= 0.3 is 5.69 Å². The van der Waals surface area contributed by atoms with Crippen LogP contribution in [0.3, 0.4) is 0 Å². The van der Waals surface area contributed by atoms with Crippen LogP contribution in [0.1, 0.15) is 23.5 Å². The molecule has 0 saturated carbocycles. The highest BCUT2D eigenvalue weighted by Crippen LogP contribution is 2.36. The molecule has 2 aliphatic heterocycles. The van der Waals surface area contributed by atoms with Crippen molar-refractivity contribution in [3.05, 3.63) is 69.3 Å². The van der Waals surface area contributed by atoms with E-state index >= 15 is 0 Å². The lowest BCUT2D eigenvalue weighted by Gasteiger charge is -2.21. The Hall–Kier alpha value is -3.44. The Labute approximate surface area is 162 Å². The van der Waals surface area contributed by atoms with E-state index in [2.05, 4.69) is 27.3 Å². The summed E-state index contributed by atoms with van der Waals surface area (Å²) in [6.07, 6.45) is 2.62. The summed E-state index contributed by atoms with van der Waals surface area (Å²) in [5.74, 6) is 6.44. The van der Waals surface area contributed by atoms with Gasteiger partial charge in [-0.1, -0.05) is 6.07 Å². The fourth-order valence-corrected chi connectivity index (χ4v) is 3.38. The van der Waals surface area contributed by atoms with Crippen molar-refractivity contribution in [3.63, 3.8) is 0 Å². The van der Waals surface area contributed by atoms with Gasteiger partial charge in [-0.3, -0.25) is 20.4 Å². The summed E-state index contributed by atoms with van der Waals surface area (Å²) in [5.41, 5.74) is 5.30. The maximum Gasteiger partial charge on any atom is 0.311 e. The van der Waals surface area contributed by atoms with Crippen molar-refractivity contribution in [1.29, 1.82) is 0 Å². The molecule has 142 valence electrons. The van der Waals surface area contributed by atoms with Crippen LogP contribution in [0.15, 0.2) is 42.1 Å². The maximum absolute atomic E-state index is 11.4. The maximum atomic E-state index is 11.4. The first-order valence-corrected chi connectivity index (χ1v) is 8.94. The van der Waals surface area contributed by atoms with E-state index in [1.807, 2.05) is 43.0 Å². The highest BCUT2D eigenvalue weighted by molar-refractivity contribution is 5.59. The van der Waals surface area contributed by atoms with E-state index in [1.54, 1.807) is 6.07 Å². The van der Waals surface area contributed by atoms with Crippen LogP contribution in [0.25, 0.3) is 0 Å². The molecule has 1 atom stereocenters. The van der Waals surface area contributed by atoms with E-state index in [4.69, 9.17) is 4.84 Å². The Kier molecular flexibility index (Phi) is 4.45. The Balaban J connectivity index is 1.55. The van der Waals surface area contributed by atoms with Gasteiger partial charge in [-0.25, -0.2) is 9.97 Å². The molecule has 2 aromatic heterocycles. The molecule has 4 heterocycles. The molecule has 2 aromatic rings. The van der Waals surface area contributed by atoms with E-state index in [1.165, 1.54) is 6.07 Å². The quantitative estimate of drug-likeness (QED) is 0.488. The number of hydrogen-bond acceptors (Lipinski definition) is 7. The number of aryl methyl sites for hydroxylation is 2. The molecule has 1 saturated heterocycles. The molecule has 1 spiro atoms. The minimum atomic E-state index is -0.580. The van der Waals surface area contributed by atoms with Gasteiger partial charge in [-0.15, -0.1) is 0 Å². The molecule has 0 bridgehead atoms. The van der Waals surface area contributed by atoms with Gasteiger partial charge in [-0.05, 0) is 50.0 Å². The zero-order chi connectivity index (χ0) is 19.7. The molecule has 0 amide bonds. The first-order valence-electron chi connectivity index (χ1n) is 8.94. The standard InChI is InChI=1S/C20H19N5O3/c1-14-4-3-5-16(21-14)7-8-17-12-20(28-23-17)10-11-24(13-20)19-18(25(26)27)9-6-15(2)22-19/h3-6,9,12,23H,10-11,13H2,1-2H3. The zero-order valence-electron chi connectivity index (χ0n) is 15.6. The van der Waals surface area contributed by atoms with Gasteiger partial charge in [0.15, 0.2) is 0 Å². The summed E-state index contributed by atoms with van der Waals surface area (Å²) < 4.78 is 0. The van der Waals surface area contributed by atoms with Gasteiger partial charge in [0.1, 0.15) is 17.0 Å². The smallest absolute Gasteiger partial charge is 0.311 e. The lowest BCUT2D eigenvalue weighted by atomic mass is 10.0. The molecule has 4 rings (SSSR count). The second-order valence-corrected chi connectivity index (χ2v) is 6.97. The van der Waals surface area contributed by atoms with Gasteiger partial charge < -0.3 is 4.90 Å². The number of nitrogens with one attached hydrogen (secondary N) is 1. The second-order valence-electron chi connectivity index (χ2n) is 6.97. The molecular weight excluding hydrogens is 358 g/mol. The fraction of sp³-hybridized carbons (Fsp3) is 0.300. The zero-order valence-corrected chi connectivity index (χ0v) is 15.6. The SMILES string of the molecule is Cc1cccc(C#CC2=CC3(CCN(c4nc(C)ccc4[N+](=O)[O-])C3)ON2)n1. The van der Waals surface area contributed by atoms with Crippen molar-refractivity contribution in [3.8, 4) is 11.8 Å². The molecule has 0 radical (unpaired) electrons. The van der Waals surface area contributed by atoms with Gasteiger partial charge in [0.05, 0.1) is 11.5 Å². The van der Waals surface area contributed by atoms with Crippen molar-refractivity contribution in [2.75, 3.05) is 18.0 Å². The first-order chi connectivity index (χ1) is 13.4. The third-order valence-electron chi connectivity index (χ3n) is 4.74. The van der Waals surface area contributed by atoms with Crippen LogP contribution in [-0.4, -0.2) is 33.6 Å². The Bertz CT molecular complexity index is 1040. The Morgan fingerprint density at radius 3 is 2.82 bits per heavy atom. The molecule has 1 N–H and O–H groups in total. The van der Waals surface area contributed by atoms with Gasteiger partial charge in [-0.2, -0.15) is 0 Å². The number of aromatic nitrogens is 2. The third kappa shape index (κ3) is 3.52. The normalized spacial score (nSPS) is 20.5. The molecular formula is C20H19N5O3. The number of pyridine rings is 2. The summed E-state index contributed by atoms with van der Waals surface area (Å²) in [5, 5.41) is 11.4. The molecule has 0 aliphatic carbocycles. The third-order valence-corrected chi connectivity index (χ3v) is 4.74. The highest BCUT2D eigenvalue weighted by atomic mass is 16.7. The number of hydroxylamine groups is 1. The minimum absolute atomic E-state index is 0.00289. The minimum Gasteiger partial charge on any atom is -0.347 e. The summed E-state index contributed by atoms with van der Waals surface area (Å²) in [4.78, 5) is 27.4. The average molecular weight is 377 g/mol. The van der Waals surface area contributed by atoms with Crippen molar-refractivity contribution in [2.24, 2.45) is 0 Å². The first kappa shape index (κ1) is 17.9. The van der Waals surface area contributed by atoms with Crippen LogP contribution >= 0.6 is 0 Å². The van der Waals surface area contributed by atoms with Gasteiger partial charge in [0, 0.05) is 30.4 Å². The van der Waals surface area contributed by atoms with Crippen molar-refractivity contribution < 1.29 is 9.76 Å². The molecule has 1 fully saturated rings. The van der Waals surface area contributed by atoms with E-state index in [9.17, 15) is 10.1 Å². The summed E-state index contributed by atoms with van der Waals surface area (Å²) >= 11 is 0. The van der Waals surface area contributed by atoms with E-state index in [0.717, 1.165) is 11.4 Å². The lowest BCUT2D eigenvalue weighted by molar-refractivity contribution is -0.384. The van der Waals surface area contributed by atoms with E-state index in [-0.39, 0.29) is 5.69 Å². The van der Waals surface area contributed by atoms with Gasteiger partial charge in [0.25, 0.3) is 0 Å². The second kappa shape index (κ2) is 6.94. The van der Waals surface area contributed by atoms with Crippen molar-refractivity contribution in [2.45, 2.75) is 25.9 Å². The molecule has 1 unspecified atom stereocenters. The molecule has 2 aliphatic rings. The van der Waals surface area contributed by atoms with Crippen molar-refractivity contribution >= 4 is 11.5 Å². The fourth-order valence-electron chi connectivity index (χ4n) is 3.38. The number of rotatable bonds is 2. The predicted molar refractivity (Wildman–Crippen MR) is 103 cm³/mol. The van der Waals surface area contributed by atoms with Crippen molar-refractivity contribution in [1.82, 2.24) is 15.4 Å². The van der Waals surface area contributed by atoms with Crippen LogP contribution in [-0.2, 0) is 4.84 Å². The molecule has 28 heavy (non-hydrogen) atoms. The van der Waals surface area contributed by atoms with E-state index in [0.29, 0.717) is 36.7 Å². The molecule has 0 aromatic carbocycles. The average Bonchev–Trinajstić information content (AvgIpc) is 3.27. The topological polar surface area (TPSA) is 93.4 Å². The monoisotopic (exact) mass is 377 g/mol. The van der Waals surface area contributed by atoms with Crippen LogP contribution in [0.2, 0.25) is 0 Å². The molecule has 8 heteroatoms.